The fourth-order valence-electron chi connectivity index (χ4n) is 4.35. The van der Waals surface area contributed by atoms with Gasteiger partial charge in [-0.25, -0.2) is 15.0 Å². The maximum absolute atomic E-state index is 5.83. The van der Waals surface area contributed by atoms with Crippen LogP contribution in [0.3, 0.4) is 0 Å². The lowest BCUT2D eigenvalue weighted by atomic mass is 9.94. The SMILES string of the molecule is C=C(C)C(=C(C)C)c1cc2[nH]c3nc(C)nc(Nc4sc(C)nc4C(C)C)c3c2cc1OC. The third-order valence-electron chi connectivity index (χ3n) is 5.62. The molecular formula is C26H31N5OS. The molecule has 0 atom stereocenters. The number of hydrogen-bond acceptors (Lipinski definition) is 6. The molecule has 0 aliphatic heterocycles. The van der Waals surface area contributed by atoms with Crippen LogP contribution in [0.5, 0.6) is 5.75 Å². The van der Waals surface area contributed by atoms with Crippen molar-refractivity contribution in [3.05, 3.63) is 51.9 Å². The molecule has 3 aromatic heterocycles. The van der Waals surface area contributed by atoms with Crippen LogP contribution >= 0.6 is 11.3 Å². The van der Waals surface area contributed by atoms with Crippen molar-refractivity contribution in [1.82, 2.24) is 19.9 Å². The summed E-state index contributed by atoms with van der Waals surface area (Å²) in [5.41, 5.74) is 7.14. The number of H-pyrrole nitrogens is 1. The Kier molecular flexibility index (Phi) is 6.01. The highest BCUT2D eigenvalue weighted by Gasteiger charge is 2.20. The summed E-state index contributed by atoms with van der Waals surface area (Å²) < 4.78 is 5.83. The van der Waals surface area contributed by atoms with Gasteiger partial charge in [-0.1, -0.05) is 31.6 Å². The van der Waals surface area contributed by atoms with E-state index in [4.69, 9.17) is 14.7 Å². The number of anilines is 2. The van der Waals surface area contributed by atoms with Gasteiger partial charge in [0, 0.05) is 16.5 Å². The predicted octanol–water partition coefficient (Wildman–Crippen LogP) is 7.43. The van der Waals surface area contributed by atoms with Crippen molar-refractivity contribution in [1.29, 1.82) is 0 Å². The zero-order valence-electron chi connectivity index (χ0n) is 20.6. The molecule has 0 bridgehead atoms. The van der Waals surface area contributed by atoms with Crippen molar-refractivity contribution < 1.29 is 4.74 Å². The summed E-state index contributed by atoms with van der Waals surface area (Å²) in [5, 5.41) is 7.57. The molecule has 2 N–H and O–H groups in total. The van der Waals surface area contributed by atoms with E-state index < -0.39 is 0 Å². The molecule has 0 amide bonds. The van der Waals surface area contributed by atoms with Crippen LogP contribution in [0.25, 0.3) is 27.5 Å². The second kappa shape index (κ2) is 8.63. The molecule has 1 aromatic carbocycles. The third-order valence-corrected chi connectivity index (χ3v) is 6.52. The van der Waals surface area contributed by atoms with Crippen molar-refractivity contribution >= 4 is 49.7 Å². The first kappa shape index (κ1) is 23.0. The van der Waals surface area contributed by atoms with Crippen molar-refractivity contribution in [2.45, 2.75) is 54.4 Å². The number of nitrogens with zero attached hydrogens (tertiary/aromatic N) is 3. The molecule has 3 heterocycles. The molecular weight excluding hydrogens is 430 g/mol. The molecule has 7 heteroatoms. The number of thiazole rings is 1. The van der Waals surface area contributed by atoms with E-state index in [-0.39, 0.29) is 0 Å². The van der Waals surface area contributed by atoms with Gasteiger partial charge < -0.3 is 15.0 Å². The van der Waals surface area contributed by atoms with Crippen LogP contribution < -0.4 is 10.1 Å². The molecule has 0 aliphatic rings. The van der Waals surface area contributed by atoms with E-state index in [0.717, 1.165) is 65.9 Å². The minimum atomic E-state index is 0.311. The molecule has 33 heavy (non-hydrogen) atoms. The Morgan fingerprint density at radius 2 is 1.85 bits per heavy atom. The second-order valence-electron chi connectivity index (χ2n) is 8.95. The molecule has 0 aliphatic carbocycles. The number of benzene rings is 1. The highest BCUT2D eigenvalue weighted by molar-refractivity contribution is 7.15. The van der Waals surface area contributed by atoms with Crippen molar-refractivity contribution in [3.8, 4) is 5.75 Å². The number of nitrogens with one attached hydrogen (secondary N) is 2. The first-order valence-corrected chi connectivity index (χ1v) is 11.9. The highest BCUT2D eigenvalue weighted by Crippen LogP contribution is 2.41. The van der Waals surface area contributed by atoms with E-state index in [2.05, 4.69) is 61.7 Å². The summed E-state index contributed by atoms with van der Waals surface area (Å²) in [6.07, 6.45) is 0. The quantitative estimate of drug-likeness (QED) is 0.292. The molecule has 4 rings (SSSR count). The van der Waals surface area contributed by atoms with Crippen LogP contribution in [0.15, 0.2) is 29.9 Å². The summed E-state index contributed by atoms with van der Waals surface area (Å²) in [6, 6.07) is 4.20. The van der Waals surface area contributed by atoms with Gasteiger partial charge in [-0.3, -0.25) is 0 Å². The lowest BCUT2D eigenvalue weighted by molar-refractivity contribution is 0.414. The smallest absolute Gasteiger partial charge is 0.144 e. The summed E-state index contributed by atoms with van der Waals surface area (Å²) in [6.45, 7) is 18.7. The molecule has 0 unspecified atom stereocenters. The zero-order valence-corrected chi connectivity index (χ0v) is 21.4. The fourth-order valence-corrected chi connectivity index (χ4v) is 5.32. The van der Waals surface area contributed by atoms with Gasteiger partial charge in [-0.05, 0) is 58.2 Å². The average Bonchev–Trinajstić information content (AvgIpc) is 3.25. The van der Waals surface area contributed by atoms with Crippen molar-refractivity contribution in [3.63, 3.8) is 0 Å². The van der Waals surface area contributed by atoms with E-state index in [1.807, 2.05) is 20.8 Å². The topological polar surface area (TPSA) is 75.7 Å². The van der Waals surface area contributed by atoms with Gasteiger partial charge in [0.25, 0.3) is 0 Å². The van der Waals surface area contributed by atoms with E-state index in [0.29, 0.717) is 11.7 Å². The first-order valence-electron chi connectivity index (χ1n) is 11.1. The maximum atomic E-state index is 5.83. The number of aromatic nitrogens is 4. The molecule has 4 aromatic rings. The Morgan fingerprint density at radius 1 is 1.12 bits per heavy atom. The van der Waals surface area contributed by atoms with E-state index in [1.54, 1.807) is 18.4 Å². The normalized spacial score (nSPS) is 11.4. The zero-order chi connectivity index (χ0) is 24.0. The Balaban J connectivity index is 1.98. The van der Waals surface area contributed by atoms with Gasteiger partial charge in [0.1, 0.15) is 28.0 Å². The van der Waals surface area contributed by atoms with Gasteiger partial charge in [0.15, 0.2) is 0 Å². The van der Waals surface area contributed by atoms with Gasteiger partial charge in [0.05, 0.1) is 23.2 Å². The first-order chi connectivity index (χ1) is 15.6. The van der Waals surface area contributed by atoms with Crippen LogP contribution in [-0.2, 0) is 0 Å². The average molecular weight is 462 g/mol. The van der Waals surface area contributed by atoms with Crippen LogP contribution in [0.1, 0.15) is 62.6 Å². The highest BCUT2D eigenvalue weighted by atomic mass is 32.1. The molecule has 0 fully saturated rings. The fraction of sp³-hybridized carbons (Fsp3) is 0.346. The number of aromatic amines is 1. The van der Waals surface area contributed by atoms with Crippen LogP contribution in [-0.4, -0.2) is 27.0 Å². The van der Waals surface area contributed by atoms with Gasteiger partial charge >= 0.3 is 0 Å². The van der Waals surface area contributed by atoms with E-state index >= 15 is 0 Å². The summed E-state index contributed by atoms with van der Waals surface area (Å²) in [7, 11) is 1.70. The summed E-state index contributed by atoms with van der Waals surface area (Å²) in [5.74, 6) is 2.58. The minimum absolute atomic E-state index is 0.311. The number of fused-ring (bicyclic) bond motifs is 3. The van der Waals surface area contributed by atoms with E-state index in [9.17, 15) is 0 Å². The Hall–Kier alpha value is -3.19. The Bertz CT molecular complexity index is 1420. The number of methoxy groups -OCH3 is 1. The van der Waals surface area contributed by atoms with Gasteiger partial charge in [-0.2, -0.15) is 0 Å². The number of rotatable bonds is 6. The molecule has 0 radical (unpaired) electrons. The number of aryl methyl sites for hydroxylation is 2. The van der Waals surface area contributed by atoms with Crippen molar-refractivity contribution in [2.75, 3.05) is 12.4 Å². The minimum Gasteiger partial charge on any atom is -0.496 e. The van der Waals surface area contributed by atoms with Crippen molar-refractivity contribution in [2.24, 2.45) is 0 Å². The van der Waals surface area contributed by atoms with Gasteiger partial charge in [-0.15, -0.1) is 11.3 Å². The molecule has 172 valence electrons. The van der Waals surface area contributed by atoms with Crippen LogP contribution in [0, 0.1) is 13.8 Å². The molecule has 6 nitrogen and oxygen atoms in total. The second-order valence-corrected chi connectivity index (χ2v) is 10.2. The van der Waals surface area contributed by atoms with Gasteiger partial charge in [0.2, 0.25) is 0 Å². The Morgan fingerprint density at radius 3 is 2.45 bits per heavy atom. The molecule has 0 saturated carbocycles. The molecule has 0 spiro atoms. The monoisotopic (exact) mass is 461 g/mol. The maximum Gasteiger partial charge on any atom is 0.144 e. The summed E-state index contributed by atoms with van der Waals surface area (Å²) in [4.78, 5) is 17.7. The third kappa shape index (κ3) is 4.13. The lowest BCUT2D eigenvalue weighted by Crippen LogP contribution is -2.00. The van der Waals surface area contributed by atoms with Crippen LogP contribution in [0.2, 0.25) is 0 Å². The summed E-state index contributed by atoms with van der Waals surface area (Å²) >= 11 is 1.65. The predicted molar refractivity (Wildman–Crippen MR) is 140 cm³/mol. The number of allylic oxidation sites excluding steroid dienone is 3. The van der Waals surface area contributed by atoms with Crippen LogP contribution in [0.4, 0.5) is 10.8 Å². The largest absolute Gasteiger partial charge is 0.496 e. The number of ether oxygens (including phenoxy) is 1. The number of hydrogen-bond donors (Lipinski definition) is 2. The van der Waals surface area contributed by atoms with E-state index in [1.165, 1.54) is 5.57 Å². The lowest BCUT2D eigenvalue weighted by Gasteiger charge is -2.15. The standard InChI is InChI=1S/C26H31N5OS/c1-12(2)21(13(3)4)18-10-19-17(11-20(18)32-9)22-24(30-19)27-15(7)28-25(22)31-26-23(14(5)6)29-16(8)33-26/h10-11,14H,1H2,2-9H3,(H2,27,28,30,31). The Labute approximate surface area is 198 Å². The molecule has 0 saturated heterocycles.